The summed E-state index contributed by atoms with van der Waals surface area (Å²) in [5.74, 6) is -0.640. The van der Waals surface area contributed by atoms with E-state index in [-0.39, 0.29) is 12.1 Å². The van der Waals surface area contributed by atoms with Crippen molar-refractivity contribution in [3.63, 3.8) is 0 Å². The van der Waals surface area contributed by atoms with Gasteiger partial charge in [0, 0.05) is 50.2 Å². The Bertz CT molecular complexity index is 1280. The number of piperazine rings is 1. The first-order valence-corrected chi connectivity index (χ1v) is 12.0. The van der Waals surface area contributed by atoms with E-state index >= 15 is 0 Å². The van der Waals surface area contributed by atoms with Gasteiger partial charge in [-0.3, -0.25) is 19.7 Å². The van der Waals surface area contributed by atoms with E-state index in [9.17, 15) is 24.1 Å². The van der Waals surface area contributed by atoms with Crippen molar-refractivity contribution in [1.82, 2.24) is 20.5 Å². The van der Waals surface area contributed by atoms with Crippen molar-refractivity contribution in [2.45, 2.75) is 20.4 Å². The van der Waals surface area contributed by atoms with Gasteiger partial charge in [0.2, 0.25) is 0 Å². The normalized spacial score (nSPS) is 13.1. The standard InChI is InChI=1S/C24H26FN5O4.C2H6.H3N/c1-26(2)11-16-29-20-6-4-3-5-19(20)21(22(24(29)32)30(33)34)27-12-14-28(15-13-27)23(31)17-7-9-18(25)10-8-17;1-2;/h3-10H,11-16H2,1-2H3;1-2H3;1H3. The highest BCUT2D eigenvalue weighted by Gasteiger charge is 2.32. The van der Waals surface area contributed by atoms with Gasteiger partial charge in [-0.15, -0.1) is 0 Å². The van der Waals surface area contributed by atoms with Crippen molar-refractivity contribution in [3.05, 3.63) is 80.4 Å². The number of hydrogen-bond acceptors (Lipinski definition) is 7. The third kappa shape index (κ3) is 6.30. The summed E-state index contributed by atoms with van der Waals surface area (Å²) in [5.41, 5.74) is 0.233. The molecule has 2 heterocycles. The third-order valence-corrected chi connectivity index (χ3v) is 6.05. The van der Waals surface area contributed by atoms with Crippen LogP contribution in [0.1, 0.15) is 24.2 Å². The van der Waals surface area contributed by atoms with Crippen molar-refractivity contribution in [2.24, 2.45) is 0 Å². The second-order valence-corrected chi connectivity index (χ2v) is 8.52. The van der Waals surface area contributed by atoms with Crippen molar-refractivity contribution >= 4 is 28.2 Å². The van der Waals surface area contributed by atoms with E-state index in [0.29, 0.717) is 61.4 Å². The molecule has 1 aliphatic rings. The number of amides is 1. The van der Waals surface area contributed by atoms with E-state index in [4.69, 9.17) is 0 Å². The molecule has 1 amide bonds. The largest absolute Gasteiger partial charge is 0.362 e. The highest BCUT2D eigenvalue weighted by Crippen LogP contribution is 2.34. The number of carbonyl (C=O) groups excluding carboxylic acids is 1. The topological polar surface area (TPSA) is 127 Å². The number of hydrogen-bond donors (Lipinski definition) is 1. The molecule has 1 saturated heterocycles. The summed E-state index contributed by atoms with van der Waals surface area (Å²) in [6.07, 6.45) is 0. The Morgan fingerprint density at radius 1 is 1.03 bits per heavy atom. The van der Waals surface area contributed by atoms with Crippen LogP contribution in [0.15, 0.2) is 53.3 Å². The minimum absolute atomic E-state index is 0. The average Bonchev–Trinajstić information content (AvgIpc) is 2.88. The lowest BCUT2D eigenvalue weighted by Gasteiger charge is -2.36. The van der Waals surface area contributed by atoms with E-state index in [1.165, 1.54) is 28.8 Å². The number of anilines is 1. The van der Waals surface area contributed by atoms with Crippen LogP contribution in [0.3, 0.4) is 0 Å². The molecule has 1 aliphatic heterocycles. The van der Waals surface area contributed by atoms with Gasteiger partial charge in [-0.1, -0.05) is 32.0 Å². The molecule has 11 heteroatoms. The molecule has 2 aromatic carbocycles. The number of nitrogens with zero attached hydrogens (tertiary/aromatic N) is 5. The quantitative estimate of drug-likeness (QED) is 0.392. The Hall–Kier alpha value is -3.83. The van der Waals surface area contributed by atoms with Crippen LogP contribution in [0.25, 0.3) is 10.9 Å². The Kier molecular flexibility index (Phi) is 10.3. The second kappa shape index (κ2) is 12.9. The van der Waals surface area contributed by atoms with Gasteiger partial charge in [-0.2, -0.15) is 0 Å². The molecule has 1 fully saturated rings. The summed E-state index contributed by atoms with van der Waals surface area (Å²) in [6.45, 7) is 6.20. The number of pyridine rings is 1. The highest BCUT2D eigenvalue weighted by molar-refractivity contribution is 5.97. The van der Waals surface area contributed by atoms with Gasteiger partial charge in [0.25, 0.3) is 5.91 Å². The monoisotopic (exact) mass is 514 g/mol. The van der Waals surface area contributed by atoms with Crippen molar-refractivity contribution in [2.75, 3.05) is 51.7 Å². The molecule has 0 aliphatic carbocycles. The fourth-order valence-corrected chi connectivity index (χ4v) is 4.29. The fourth-order valence-electron chi connectivity index (χ4n) is 4.29. The Morgan fingerprint density at radius 2 is 1.62 bits per heavy atom. The molecule has 37 heavy (non-hydrogen) atoms. The lowest BCUT2D eigenvalue weighted by molar-refractivity contribution is -0.385. The molecule has 0 saturated carbocycles. The summed E-state index contributed by atoms with van der Waals surface area (Å²) in [4.78, 5) is 42.9. The minimum atomic E-state index is -0.634. The molecule has 0 atom stereocenters. The summed E-state index contributed by atoms with van der Waals surface area (Å²) < 4.78 is 14.7. The predicted molar refractivity (Wildman–Crippen MR) is 144 cm³/mol. The summed E-state index contributed by atoms with van der Waals surface area (Å²) in [7, 11) is 3.76. The summed E-state index contributed by atoms with van der Waals surface area (Å²) in [5, 5.41) is 12.7. The molecule has 1 aromatic heterocycles. The van der Waals surface area contributed by atoms with E-state index < -0.39 is 22.0 Å². The molecule has 0 bridgehead atoms. The zero-order valence-corrected chi connectivity index (χ0v) is 21.8. The smallest absolute Gasteiger partial charge is 0.357 e. The molecular weight excluding hydrogens is 479 g/mol. The molecule has 10 nitrogen and oxygen atoms in total. The lowest BCUT2D eigenvalue weighted by atomic mass is 10.1. The molecule has 3 aromatic rings. The Morgan fingerprint density at radius 3 is 2.19 bits per heavy atom. The van der Waals surface area contributed by atoms with Crippen LogP contribution in [-0.4, -0.2) is 72.0 Å². The van der Waals surface area contributed by atoms with Crippen LogP contribution in [0.2, 0.25) is 0 Å². The number of para-hydroxylation sites is 1. The fraction of sp³-hybridized carbons (Fsp3) is 0.385. The lowest BCUT2D eigenvalue weighted by Crippen LogP contribution is -2.49. The van der Waals surface area contributed by atoms with Gasteiger partial charge in [-0.25, -0.2) is 4.39 Å². The maximum atomic E-state index is 13.3. The second-order valence-electron chi connectivity index (χ2n) is 8.52. The zero-order chi connectivity index (χ0) is 26.4. The van der Waals surface area contributed by atoms with Crippen LogP contribution >= 0.6 is 0 Å². The number of benzene rings is 2. The van der Waals surface area contributed by atoms with Crippen molar-refractivity contribution in [1.29, 1.82) is 0 Å². The third-order valence-electron chi connectivity index (χ3n) is 6.05. The van der Waals surface area contributed by atoms with E-state index in [0.717, 1.165) is 0 Å². The average molecular weight is 515 g/mol. The van der Waals surface area contributed by atoms with Gasteiger partial charge in [0.05, 0.1) is 10.4 Å². The number of aromatic nitrogens is 1. The number of nitro groups is 1. The first-order chi connectivity index (χ1) is 17.3. The molecule has 0 spiro atoms. The number of fused-ring (bicyclic) bond motifs is 1. The van der Waals surface area contributed by atoms with Gasteiger partial charge in [-0.05, 0) is 44.4 Å². The first kappa shape index (κ1) is 29.4. The highest BCUT2D eigenvalue weighted by atomic mass is 19.1. The molecule has 3 N–H and O–H groups in total. The predicted octanol–water partition coefficient (Wildman–Crippen LogP) is 3.76. The van der Waals surface area contributed by atoms with Gasteiger partial charge < -0.3 is 25.4 Å². The maximum absolute atomic E-state index is 13.3. The van der Waals surface area contributed by atoms with Crippen LogP contribution < -0.4 is 16.6 Å². The number of rotatable bonds is 6. The van der Waals surface area contributed by atoms with Crippen molar-refractivity contribution < 1.29 is 14.1 Å². The summed E-state index contributed by atoms with van der Waals surface area (Å²) >= 11 is 0. The van der Waals surface area contributed by atoms with E-state index in [2.05, 4.69) is 0 Å². The molecule has 200 valence electrons. The summed E-state index contributed by atoms with van der Waals surface area (Å²) in [6, 6.07) is 12.6. The Balaban J connectivity index is 0.00000157. The SMILES string of the molecule is CC.CN(C)CCn1c(=O)c([N+](=O)[O-])c(N2CCN(C(=O)c3ccc(F)cc3)CC2)c2ccccc21.N. The number of halogens is 1. The van der Waals surface area contributed by atoms with Crippen LogP contribution in [-0.2, 0) is 6.54 Å². The molecule has 0 unspecified atom stereocenters. The van der Waals surface area contributed by atoms with Crippen LogP contribution in [0, 0.1) is 15.9 Å². The molecule has 0 radical (unpaired) electrons. The van der Waals surface area contributed by atoms with Gasteiger partial charge >= 0.3 is 11.2 Å². The minimum Gasteiger partial charge on any atom is -0.362 e. The van der Waals surface area contributed by atoms with E-state index in [1.807, 2.05) is 43.8 Å². The van der Waals surface area contributed by atoms with Crippen LogP contribution in [0.5, 0.6) is 0 Å². The molecular formula is C26H35FN6O4. The molecule has 4 rings (SSSR count). The maximum Gasteiger partial charge on any atom is 0.357 e. The number of likely N-dealkylation sites (N-methyl/N-ethyl adjacent to an activating group) is 1. The van der Waals surface area contributed by atoms with Gasteiger partial charge in [0.15, 0.2) is 0 Å². The first-order valence-electron chi connectivity index (χ1n) is 12.0. The van der Waals surface area contributed by atoms with Crippen molar-refractivity contribution in [3.8, 4) is 0 Å². The zero-order valence-electron chi connectivity index (χ0n) is 21.8. The van der Waals surface area contributed by atoms with Crippen LogP contribution in [0.4, 0.5) is 15.8 Å². The number of carbonyl (C=O) groups is 1. The van der Waals surface area contributed by atoms with Gasteiger partial charge in [0.1, 0.15) is 11.5 Å². The Labute approximate surface area is 215 Å². The van der Waals surface area contributed by atoms with E-state index in [1.54, 1.807) is 23.1 Å².